The Hall–Kier alpha value is -4.52. The number of amides is 2. The molecule has 1 aromatic heterocycles. The molecule has 7 heteroatoms. The Morgan fingerprint density at radius 2 is 1.50 bits per heavy atom. The molecule has 3 aromatic carbocycles. The van der Waals surface area contributed by atoms with Gasteiger partial charge in [-0.2, -0.15) is 0 Å². The molecule has 0 saturated carbocycles. The molecule has 0 aliphatic heterocycles. The Kier molecular flexibility index (Phi) is 6.17. The number of benzene rings is 3. The summed E-state index contributed by atoms with van der Waals surface area (Å²) in [4.78, 5) is 33.4. The number of rotatable bonds is 6. The highest BCUT2D eigenvalue weighted by atomic mass is 16.5. The average Bonchev–Trinajstić information content (AvgIpc) is 2.83. The van der Waals surface area contributed by atoms with Gasteiger partial charge in [0.15, 0.2) is 0 Å². The maximum atomic E-state index is 12.4. The van der Waals surface area contributed by atoms with Gasteiger partial charge in [-0.3, -0.25) is 14.6 Å². The van der Waals surface area contributed by atoms with Crippen molar-refractivity contribution in [3.8, 4) is 5.75 Å². The van der Waals surface area contributed by atoms with Gasteiger partial charge in [0.1, 0.15) is 5.75 Å². The molecular formula is C25H20N4O3. The van der Waals surface area contributed by atoms with E-state index < -0.39 is 0 Å². The Labute approximate surface area is 184 Å². The van der Waals surface area contributed by atoms with Crippen LogP contribution >= 0.6 is 0 Å². The van der Waals surface area contributed by atoms with Crippen molar-refractivity contribution in [2.45, 2.75) is 0 Å². The molecule has 0 bridgehead atoms. The summed E-state index contributed by atoms with van der Waals surface area (Å²) < 4.78 is 5.10. The quantitative estimate of drug-likeness (QED) is 0.443. The third-order valence-electron chi connectivity index (χ3n) is 4.64. The summed E-state index contributed by atoms with van der Waals surface area (Å²) in [7, 11) is 1.58. The van der Waals surface area contributed by atoms with Crippen LogP contribution in [0.3, 0.4) is 0 Å². The Morgan fingerprint density at radius 1 is 0.844 bits per heavy atom. The molecule has 2 amide bonds. The van der Waals surface area contributed by atoms with Gasteiger partial charge in [-0.15, -0.1) is 0 Å². The number of nitrogens with one attached hydrogen (secondary N) is 2. The number of fused-ring (bicyclic) bond motifs is 1. The van der Waals surface area contributed by atoms with Crippen LogP contribution in [0.1, 0.15) is 16.1 Å². The molecule has 0 radical (unpaired) electrons. The fourth-order valence-electron chi connectivity index (χ4n) is 2.98. The molecular weight excluding hydrogens is 404 g/mol. The van der Waals surface area contributed by atoms with E-state index in [0.717, 1.165) is 11.0 Å². The number of methoxy groups -OCH3 is 1. The maximum Gasteiger partial charge on any atom is 0.255 e. The van der Waals surface area contributed by atoms with Crippen LogP contribution < -0.4 is 15.4 Å². The highest BCUT2D eigenvalue weighted by Gasteiger charge is 2.07. The highest BCUT2D eigenvalue weighted by molar-refractivity contribution is 6.05. The number of hydrogen-bond acceptors (Lipinski definition) is 5. The Balaban J connectivity index is 1.35. The first-order chi connectivity index (χ1) is 15.6. The largest absolute Gasteiger partial charge is 0.497 e. The van der Waals surface area contributed by atoms with E-state index in [1.54, 1.807) is 67.9 Å². The molecule has 32 heavy (non-hydrogen) atoms. The third-order valence-corrected chi connectivity index (χ3v) is 4.64. The van der Waals surface area contributed by atoms with Gasteiger partial charge >= 0.3 is 0 Å². The molecule has 0 aliphatic rings. The lowest BCUT2D eigenvalue weighted by atomic mass is 10.2. The zero-order chi connectivity index (χ0) is 22.3. The van der Waals surface area contributed by atoms with Crippen molar-refractivity contribution in [1.29, 1.82) is 0 Å². The number of aromatic nitrogens is 2. The van der Waals surface area contributed by atoms with Crippen molar-refractivity contribution in [2.75, 3.05) is 17.7 Å². The van der Waals surface area contributed by atoms with Gasteiger partial charge < -0.3 is 15.4 Å². The van der Waals surface area contributed by atoms with Gasteiger partial charge in [0.2, 0.25) is 5.91 Å². The van der Waals surface area contributed by atoms with Crippen molar-refractivity contribution in [1.82, 2.24) is 9.97 Å². The number of carbonyl (C=O) groups excluding carboxylic acids is 2. The van der Waals surface area contributed by atoms with E-state index >= 15 is 0 Å². The summed E-state index contributed by atoms with van der Waals surface area (Å²) in [5, 5.41) is 5.57. The predicted octanol–water partition coefficient (Wildman–Crippen LogP) is 4.54. The minimum Gasteiger partial charge on any atom is -0.497 e. The number of carbonyl (C=O) groups is 2. The van der Waals surface area contributed by atoms with Crippen molar-refractivity contribution in [3.05, 3.63) is 96.3 Å². The molecule has 4 aromatic rings. The number of para-hydroxylation sites is 2. The number of hydrogen-bond donors (Lipinski definition) is 2. The SMILES string of the molecule is COc1ccc(NC(=O)c2ccc(NC(=O)/C=C/c3cnc4ccccc4n3)cc2)cc1. The topological polar surface area (TPSA) is 93.2 Å². The summed E-state index contributed by atoms with van der Waals surface area (Å²) >= 11 is 0. The van der Waals surface area contributed by atoms with E-state index in [4.69, 9.17) is 4.74 Å². The lowest BCUT2D eigenvalue weighted by Gasteiger charge is -2.07. The van der Waals surface area contributed by atoms with Gasteiger partial charge in [0.05, 0.1) is 30.0 Å². The third kappa shape index (κ3) is 5.14. The van der Waals surface area contributed by atoms with E-state index in [1.807, 2.05) is 24.3 Å². The van der Waals surface area contributed by atoms with Crippen LogP contribution in [-0.4, -0.2) is 28.9 Å². The first kappa shape index (κ1) is 20.7. The maximum absolute atomic E-state index is 12.4. The van der Waals surface area contributed by atoms with Crippen molar-refractivity contribution >= 4 is 40.3 Å². The van der Waals surface area contributed by atoms with E-state index in [9.17, 15) is 9.59 Å². The van der Waals surface area contributed by atoms with Crippen LogP contribution in [0.25, 0.3) is 17.1 Å². The van der Waals surface area contributed by atoms with Crippen LogP contribution in [0.4, 0.5) is 11.4 Å². The lowest BCUT2D eigenvalue weighted by molar-refractivity contribution is -0.111. The molecule has 0 atom stereocenters. The molecule has 0 spiro atoms. The molecule has 0 fully saturated rings. The van der Waals surface area contributed by atoms with Crippen LogP contribution in [0, 0.1) is 0 Å². The second kappa shape index (κ2) is 9.53. The first-order valence-electron chi connectivity index (χ1n) is 9.87. The van der Waals surface area contributed by atoms with Crippen LogP contribution in [0.15, 0.2) is 85.1 Å². The molecule has 1 heterocycles. The van der Waals surface area contributed by atoms with Gasteiger partial charge in [-0.05, 0) is 66.7 Å². The van der Waals surface area contributed by atoms with E-state index in [2.05, 4.69) is 20.6 Å². The average molecular weight is 424 g/mol. The molecule has 0 unspecified atom stereocenters. The summed E-state index contributed by atoms with van der Waals surface area (Å²) in [5.41, 5.74) is 3.86. The summed E-state index contributed by atoms with van der Waals surface area (Å²) in [6.07, 6.45) is 4.61. The zero-order valence-corrected chi connectivity index (χ0v) is 17.3. The molecule has 4 rings (SSSR count). The lowest BCUT2D eigenvalue weighted by Crippen LogP contribution is -2.12. The van der Waals surface area contributed by atoms with Crippen molar-refractivity contribution in [3.63, 3.8) is 0 Å². The van der Waals surface area contributed by atoms with E-state index in [1.165, 1.54) is 6.08 Å². The van der Waals surface area contributed by atoms with Gasteiger partial charge in [0, 0.05) is 23.0 Å². The Bertz CT molecular complexity index is 1280. The molecule has 158 valence electrons. The summed E-state index contributed by atoms with van der Waals surface area (Å²) in [5.74, 6) is 0.156. The van der Waals surface area contributed by atoms with Crippen LogP contribution in [0.2, 0.25) is 0 Å². The highest BCUT2D eigenvalue weighted by Crippen LogP contribution is 2.17. The smallest absolute Gasteiger partial charge is 0.255 e. The van der Waals surface area contributed by atoms with Gasteiger partial charge in [-0.1, -0.05) is 12.1 Å². The fraction of sp³-hybridized carbons (Fsp3) is 0.0400. The van der Waals surface area contributed by atoms with Crippen molar-refractivity contribution in [2.24, 2.45) is 0 Å². The Morgan fingerprint density at radius 3 is 2.22 bits per heavy atom. The summed E-state index contributed by atoms with van der Waals surface area (Å²) in [6, 6.07) is 21.2. The van der Waals surface area contributed by atoms with E-state index in [0.29, 0.717) is 28.4 Å². The zero-order valence-electron chi connectivity index (χ0n) is 17.3. The summed E-state index contributed by atoms with van der Waals surface area (Å²) in [6.45, 7) is 0. The standard InChI is InChI=1S/C25H20N4O3/c1-32-21-13-10-19(11-14-21)29-25(31)17-6-8-18(9-7-17)28-24(30)15-12-20-16-26-22-4-2-3-5-23(22)27-20/h2-16H,1H3,(H,28,30)(H,29,31)/b15-12+. The molecule has 0 saturated heterocycles. The second-order valence-corrected chi connectivity index (χ2v) is 6.87. The van der Waals surface area contributed by atoms with Crippen molar-refractivity contribution < 1.29 is 14.3 Å². The predicted molar refractivity (Wildman–Crippen MR) is 125 cm³/mol. The minimum absolute atomic E-state index is 0.247. The van der Waals surface area contributed by atoms with E-state index in [-0.39, 0.29) is 11.8 Å². The normalized spacial score (nSPS) is 10.8. The molecule has 0 aliphatic carbocycles. The minimum atomic E-state index is -0.310. The van der Waals surface area contributed by atoms with Gasteiger partial charge in [-0.25, -0.2) is 4.98 Å². The number of nitrogens with zero attached hydrogens (tertiary/aromatic N) is 2. The molecule has 2 N–H and O–H groups in total. The fourth-order valence-corrected chi connectivity index (χ4v) is 2.98. The van der Waals surface area contributed by atoms with Crippen LogP contribution in [0.5, 0.6) is 5.75 Å². The van der Waals surface area contributed by atoms with Crippen LogP contribution in [-0.2, 0) is 4.79 Å². The second-order valence-electron chi connectivity index (χ2n) is 6.87. The van der Waals surface area contributed by atoms with Gasteiger partial charge in [0.25, 0.3) is 5.91 Å². The molecule has 7 nitrogen and oxygen atoms in total. The number of anilines is 2. The monoisotopic (exact) mass is 424 g/mol. The number of ether oxygens (including phenoxy) is 1. The first-order valence-corrected chi connectivity index (χ1v) is 9.87.